The van der Waals surface area contributed by atoms with Gasteiger partial charge >= 0.3 is 0 Å². The van der Waals surface area contributed by atoms with Crippen molar-refractivity contribution in [3.8, 4) is 55.6 Å². The van der Waals surface area contributed by atoms with Gasteiger partial charge in [0.15, 0.2) is 0 Å². The van der Waals surface area contributed by atoms with Crippen molar-refractivity contribution in [1.29, 1.82) is 0 Å². The number of rotatable bonds is 5. The summed E-state index contributed by atoms with van der Waals surface area (Å²) in [7, 11) is 0. The summed E-state index contributed by atoms with van der Waals surface area (Å²) in [6, 6.07) is 70.9. The molecule has 0 aromatic heterocycles. The smallest absolute Gasteiger partial charge is 0.0508 e. The van der Waals surface area contributed by atoms with E-state index in [1.54, 1.807) is 0 Å². The normalized spacial score (nSPS) is 15.3. The van der Waals surface area contributed by atoms with Crippen molar-refractivity contribution >= 4 is 27.8 Å². The van der Waals surface area contributed by atoms with E-state index in [1.807, 2.05) is 0 Å². The first-order valence-corrected chi connectivity index (χ1v) is 22.2. The highest BCUT2D eigenvalue weighted by Gasteiger charge is 2.41. The molecular formula is C61H49N. The van der Waals surface area contributed by atoms with Gasteiger partial charge in [0.25, 0.3) is 0 Å². The van der Waals surface area contributed by atoms with Crippen molar-refractivity contribution < 1.29 is 0 Å². The summed E-state index contributed by atoms with van der Waals surface area (Å²) in [6.07, 6.45) is 0. The largest absolute Gasteiger partial charge is 0.310 e. The predicted octanol–water partition coefficient (Wildman–Crippen LogP) is 16.6. The van der Waals surface area contributed by atoms with Gasteiger partial charge in [-0.25, -0.2) is 0 Å². The van der Waals surface area contributed by atoms with E-state index in [-0.39, 0.29) is 16.2 Å². The third-order valence-corrected chi connectivity index (χ3v) is 14.8. The fourth-order valence-electron chi connectivity index (χ4n) is 11.9. The Morgan fingerprint density at radius 1 is 0.323 bits per heavy atom. The summed E-state index contributed by atoms with van der Waals surface area (Å²) in [4.78, 5) is 2.54. The Labute approximate surface area is 366 Å². The molecule has 0 bridgehead atoms. The standard InChI is InChI=1S/C61H49N/c1-59(2)51-27-11-9-23-46(51)50-37-40(32-34-53(50)59)39-18-13-20-42(35-39)62(55-30-16-26-47-48-33-31-38-17-7-8-22-45(38)57(48)61(5,6)58(47)55)43-21-14-19-41(36-43)44-25-15-29-54-56(44)49-24-10-12-28-52(49)60(54,3)4/h7-37H,1-6H3. The van der Waals surface area contributed by atoms with Crippen LogP contribution >= 0.6 is 0 Å². The van der Waals surface area contributed by atoms with Gasteiger partial charge in [0, 0.05) is 27.6 Å². The van der Waals surface area contributed by atoms with Gasteiger partial charge in [0.2, 0.25) is 0 Å². The average Bonchev–Trinajstić information content (AvgIpc) is 3.79. The number of nitrogens with zero attached hydrogens (tertiary/aromatic N) is 1. The lowest BCUT2D eigenvalue weighted by Crippen LogP contribution is -2.21. The van der Waals surface area contributed by atoms with Crippen LogP contribution in [0.4, 0.5) is 17.1 Å². The van der Waals surface area contributed by atoms with Crippen LogP contribution in [0.1, 0.15) is 74.9 Å². The maximum absolute atomic E-state index is 2.54. The van der Waals surface area contributed by atoms with Gasteiger partial charge < -0.3 is 4.90 Å². The van der Waals surface area contributed by atoms with E-state index in [2.05, 4.69) is 234 Å². The SMILES string of the molecule is CC1(C)c2ccccc2-c2cc(-c3cccc(N(c4cccc(-c5cccc6c5-c5ccccc5C6(C)C)c4)c4cccc5c4C(C)(C)c4c-5ccc5ccccc45)c3)ccc21. The monoisotopic (exact) mass is 795 g/mol. The molecule has 0 aliphatic heterocycles. The quantitative estimate of drug-likeness (QED) is 0.168. The molecule has 0 spiro atoms. The Balaban J connectivity index is 1.07. The predicted molar refractivity (Wildman–Crippen MR) is 262 cm³/mol. The first-order valence-electron chi connectivity index (χ1n) is 22.2. The molecule has 0 heterocycles. The molecule has 0 radical (unpaired) electrons. The lowest BCUT2D eigenvalue weighted by Gasteiger charge is -2.33. The van der Waals surface area contributed by atoms with Crippen LogP contribution in [0.2, 0.25) is 0 Å². The third kappa shape index (κ3) is 5.09. The van der Waals surface area contributed by atoms with Crippen molar-refractivity contribution in [2.24, 2.45) is 0 Å². The van der Waals surface area contributed by atoms with Crippen molar-refractivity contribution in [1.82, 2.24) is 0 Å². The number of benzene rings is 9. The Kier molecular flexibility index (Phi) is 7.74. The first-order chi connectivity index (χ1) is 30.0. The minimum Gasteiger partial charge on any atom is -0.310 e. The molecule has 9 aromatic carbocycles. The maximum atomic E-state index is 2.54. The van der Waals surface area contributed by atoms with Gasteiger partial charge in [-0.15, -0.1) is 0 Å². The van der Waals surface area contributed by atoms with Crippen molar-refractivity contribution in [3.05, 3.63) is 221 Å². The van der Waals surface area contributed by atoms with Gasteiger partial charge in [-0.2, -0.15) is 0 Å². The van der Waals surface area contributed by atoms with Crippen molar-refractivity contribution in [2.45, 2.75) is 57.8 Å². The summed E-state index contributed by atoms with van der Waals surface area (Å²) < 4.78 is 0. The molecule has 0 N–H and O–H groups in total. The van der Waals surface area contributed by atoms with Crippen LogP contribution in [-0.4, -0.2) is 0 Å². The van der Waals surface area contributed by atoms with E-state index in [4.69, 9.17) is 0 Å². The molecule has 3 aliphatic carbocycles. The van der Waals surface area contributed by atoms with Gasteiger partial charge in [0.1, 0.15) is 0 Å². The summed E-state index contributed by atoms with van der Waals surface area (Å²) in [5, 5.41) is 2.61. The van der Waals surface area contributed by atoms with Gasteiger partial charge in [-0.1, -0.05) is 193 Å². The van der Waals surface area contributed by atoms with Crippen molar-refractivity contribution in [2.75, 3.05) is 4.90 Å². The van der Waals surface area contributed by atoms with Crippen LogP contribution in [-0.2, 0) is 16.2 Å². The van der Waals surface area contributed by atoms with Crippen LogP contribution in [0.3, 0.4) is 0 Å². The topological polar surface area (TPSA) is 3.24 Å². The zero-order valence-electron chi connectivity index (χ0n) is 36.3. The summed E-state index contributed by atoms with van der Waals surface area (Å²) in [5.74, 6) is 0. The molecule has 3 aliphatic rings. The van der Waals surface area contributed by atoms with Crippen molar-refractivity contribution in [3.63, 3.8) is 0 Å². The zero-order valence-corrected chi connectivity index (χ0v) is 36.3. The molecule has 12 rings (SSSR count). The number of anilines is 3. The molecule has 0 atom stereocenters. The van der Waals surface area contributed by atoms with E-state index < -0.39 is 0 Å². The van der Waals surface area contributed by atoms with E-state index in [0.29, 0.717) is 0 Å². The number of hydrogen-bond acceptors (Lipinski definition) is 1. The molecule has 0 fully saturated rings. The zero-order chi connectivity index (χ0) is 42.1. The molecule has 9 aromatic rings. The van der Waals surface area contributed by atoms with Gasteiger partial charge in [0.05, 0.1) is 5.69 Å². The molecular weight excluding hydrogens is 747 g/mol. The first kappa shape index (κ1) is 36.9. The van der Waals surface area contributed by atoms with Gasteiger partial charge in [-0.05, 0) is 136 Å². The minimum absolute atomic E-state index is 0.0335. The Hall–Kier alpha value is -6.96. The van der Waals surface area contributed by atoms with E-state index in [0.717, 1.165) is 11.4 Å². The second-order valence-electron chi connectivity index (χ2n) is 19.3. The molecule has 1 nitrogen and oxygen atoms in total. The molecule has 62 heavy (non-hydrogen) atoms. The second kappa shape index (κ2) is 13.0. The molecule has 1 heteroatoms. The van der Waals surface area contributed by atoms with E-state index >= 15 is 0 Å². The maximum Gasteiger partial charge on any atom is 0.0508 e. The highest BCUT2D eigenvalue weighted by Crippen LogP contribution is 2.57. The van der Waals surface area contributed by atoms with Crippen LogP contribution in [0, 0.1) is 0 Å². The summed E-state index contributed by atoms with van der Waals surface area (Å²) in [5.41, 5.74) is 24.4. The third-order valence-electron chi connectivity index (χ3n) is 14.8. The molecule has 0 saturated heterocycles. The lowest BCUT2D eigenvalue weighted by molar-refractivity contribution is 0.660. The van der Waals surface area contributed by atoms with Crippen LogP contribution in [0.5, 0.6) is 0 Å². The Morgan fingerprint density at radius 3 is 1.68 bits per heavy atom. The van der Waals surface area contributed by atoms with Crippen LogP contribution in [0.15, 0.2) is 188 Å². The Morgan fingerprint density at radius 2 is 0.871 bits per heavy atom. The highest BCUT2D eigenvalue weighted by molar-refractivity contribution is 6.01. The van der Waals surface area contributed by atoms with Gasteiger partial charge in [-0.3, -0.25) is 0 Å². The summed E-state index contributed by atoms with van der Waals surface area (Å²) >= 11 is 0. The Bertz CT molecular complexity index is 3340. The number of fused-ring (bicyclic) bond motifs is 11. The minimum atomic E-state index is -0.259. The number of hydrogen-bond donors (Lipinski definition) is 0. The molecule has 0 amide bonds. The summed E-state index contributed by atoms with van der Waals surface area (Å²) in [6.45, 7) is 14.3. The fourth-order valence-corrected chi connectivity index (χ4v) is 11.9. The lowest BCUT2D eigenvalue weighted by atomic mass is 9.79. The second-order valence-corrected chi connectivity index (χ2v) is 19.3. The fraction of sp³-hybridized carbons (Fsp3) is 0.148. The highest BCUT2D eigenvalue weighted by atomic mass is 15.1. The van der Waals surface area contributed by atoms with Crippen LogP contribution in [0.25, 0.3) is 66.4 Å². The van der Waals surface area contributed by atoms with Crippen LogP contribution < -0.4 is 4.90 Å². The molecule has 0 saturated carbocycles. The molecule has 298 valence electrons. The van der Waals surface area contributed by atoms with E-state index in [1.165, 1.54) is 105 Å². The van der Waals surface area contributed by atoms with E-state index in [9.17, 15) is 0 Å². The average molecular weight is 796 g/mol. The molecule has 0 unspecified atom stereocenters.